The SMILES string of the molecule is COc1ccc2c(=O)c(CC(=O)O)c(C(=O)O)oc2c1OC. The highest BCUT2D eigenvalue weighted by atomic mass is 16.5. The first-order valence-electron chi connectivity index (χ1n) is 6.06. The van der Waals surface area contributed by atoms with Crippen molar-refractivity contribution in [1.29, 1.82) is 0 Å². The van der Waals surface area contributed by atoms with E-state index in [1.54, 1.807) is 0 Å². The number of aliphatic carboxylic acids is 1. The van der Waals surface area contributed by atoms with E-state index in [1.807, 2.05) is 0 Å². The van der Waals surface area contributed by atoms with Crippen molar-refractivity contribution in [2.24, 2.45) is 0 Å². The lowest BCUT2D eigenvalue weighted by atomic mass is 10.1. The van der Waals surface area contributed by atoms with Crippen molar-refractivity contribution in [3.8, 4) is 11.5 Å². The molecule has 2 aromatic rings. The summed E-state index contributed by atoms with van der Waals surface area (Å²) in [5.74, 6) is -3.30. The van der Waals surface area contributed by atoms with Gasteiger partial charge in [0.25, 0.3) is 0 Å². The van der Waals surface area contributed by atoms with Crippen molar-refractivity contribution in [2.45, 2.75) is 6.42 Å². The first-order chi connectivity index (χ1) is 10.4. The van der Waals surface area contributed by atoms with E-state index in [4.69, 9.17) is 24.1 Å². The van der Waals surface area contributed by atoms with E-state index in [1.165, 1.54) is 26.4 Å². The van der Waals surface area contributed by atoms with Gasteiger partial charge in [0.05, 0.1) is 31.6 Å². The van der Waals surface area contributed by atoms with Gasteiger partial charge in [-0.25, -0.2) is 4.79 Å². The minimum Gasteiger partial charge on any atom is -0.493 e. The molecule has 0 aliphatic rings. The van der Waals surface area contributed by atoms with Gasteiger partial charge in [-0.1, -0.05) is 0 Å². The highest BCUT2D eigenvalue weighted by Gasteiger charge is 2.24. The minimum absolute atomic E-state index is 0.0129. The maximum Gasteiger partial charge on any atom is 0.372 e. The zero-order valence-electron chi connectivity index (χ0n) is 11.7. The highest BCUT2D eigenvalue weighted by molar-refractivity contribution is 5.93. The topological polar surface area (TPSA) is 123 Å². The van der Waals surface area contributed by atoms with Gasteiger partial charge < -0.3 is 24.1 Å². The van der Waals surface area contributed by atoms with Crippen LogP contribution in [0.1, 0.15) is 16.1 Å². The van der Waals surface area contributed by atoms with E-state index in [0.29, 0.717) is 0 Å². The zero-order valence-corrected chi connectivity index (χ0v) is 11.7. The molecule has 22 heavy (non-hydrogen) atoms. The number of ether oxygens (including phenoxy) is 2. The molecule has 2 rings (SSSR count). The lowest BCUT2D eigenvalue weighted by molar-refractivity contribution is -0.136. The van der Waals surface area contributed by atoms with Crippen LogP contribution in [0.2, 0.25) is 0 Å². The number of rotatable bonds is 5. The molecule has 8 nitrogen and oxygen atoms in total. The molecule has 0 bridgehead atoms. The lowest BCUT2D eigenvalue weighted by Crippen LogP contribution is -2.19. The van der Waals surface area contributed by atoms with Crippen LogP contribution in [0.3, 0.4) is 0 Å². The van der Waals surface area contributed by atoms with Gasteiger partial charge in [0.15, 0.2) is 16.8 Å². The summed E-state index contributed by atoms with van der Waals surface area (Å²) in [6.07, 6.45) is -0.756. The van der Waals surface area contributed by atoms with E-state index < -0.39 is 35.1 Å². The molecule has 1 aromatic carbocycles. The van der Waals surface area contributed by atoms with Gasteiger partial charge in [-0.05, 0) is 12.1 Å². The molecule has 0 saturated heterocycles. The Morgan fingerprint density at radius 1 is 1.18 bits per heavy atom. The number of aromatic carboxylic acids is 1. The first kappa shape index (κ1) is 15.4. The van der Waals surface area contributed by atoms with Gasteiger partial charge in [-0.3, -0.25) is 9.59 Å². The lowest BCUT2D eigenvalue weighted by Gasteiger charge is -2.11. The van der Waals surface area contributed by atoms with Crippen molar-refractivity contribution >= 4 is 22.9 Å². The number of benzene rings is 1. The molecule has 116 valence electrons. The third-order valence-corrected chi connectivity index (χ3v) is 3.02. The van der Waals surface area contributed by atoms with Crippen LogP contribution < -0.4 is 14.9 Å². The fraction of sp³-hybridized carbons (Fsp3) is 0.214. The molecule has 0 atom stereocenters. The second-order valence-electron chi connectivity index (χ2n) is 4.29. The Labute approximate surface area is 123 Å². The van der Waals surface area contributed by atoms with Gasteiger partial charge in [-0.15, -0.1) is 0 Å². The Balaban J connectivity index is 2.92. The molecule has 0 aliphatic carbocycles. The third kappa shape index (κ3) is 2.46. The molecule has 1 aromatic heterocycles. The van der Waals surface area contributed by atoms with E-state index in [2.05, 4.69) is 0 Å². The first-order valence-corrected chi connectivity index (χ1v) is 6.06. The molecule has 1 heterocycles. The molecule has 0 radical (unpaired) electrons. The van der Waals surface area contributed by atoms with Crippen molar-refractivity contribution in [2.75, 3.05) is 14.2 Å². The Morgan fingerprint density at radius 2 is 1.86 bits per heavy atom. The largest absolute Gasteiger partial charge is 0.493 e. The fourth-order valence-corrected chi connectivity index (χ4v) is 2.09. The Morgan fingerprint density at radius 3 is 2.36 bits per heavy atom. The van der Waals surface area contributed by atoms with Crippen molar-refractivity contribution in [3.05, 3.63) is 33.7 Å². The zero-order chi connectivity index (χ0) is 16.4. The molecule has 0 unspecified atom stereocenters. The van der Waals surface area contributed by atoms with Crippen molar-refractivity contribution in [3.63, 3.8) is 0 Å². The maximum absolute atomic E-state index is 12.4. The molecule has 0 aliphatic heterocycles. The van der Waals surface area contributed by atoms with E-state index in [9.17, 15) is 14.4 Å². The predicted octanol–water partition coefficient (Wildman–Crippen LogP) is 1.14. The van der Waals surface area contributed by atoms with Crippen LogP contribution >= 0.6 is 0 Å². The van der Waals surface area contributed by atoms with E-state index in [0.717, 1.165) is 0 Å². The number of carboxylic acid groups (broad SMARTS) is 2. The Bertz CT molecular complexity index is 818. The highest BCUT2D eigenvalue weighted by Crippen LogP contribution is 2.35. The average Bonchev–Trinajstić information content (AvgIpc) is 2.47. The molecule has 0 saturated carbocycles. The van der Waals surface area contributed by atoms with Crippen LogP contribution in [0.5, 0.6) is 11.5 Å². The second kappa shape index (κ2) is 5.76. The molecule has 0 spiro atoms. The number of methoxy groups -OCH3 is 2. The van der Waals surface area contributed by atoms with E-state index in [-0.39, 0.29) is 22.5 Å². The quantitative estimate of drug-likeness (QED) is 0.842. The van der Waals surface area contributed by atoms with Gasteiger partial charge in [-0.2, -0.15) is 0 Å². The number of hydrogen-bond acceptors (Lipinski definition) is 6. The summed E-state index contributed by atoms with van der Waals surface area (Å²) in [6.45, 7) is 0. The summed E-state index contributed by atoms with van der Waals surface area (Å²) in [5.41, 5.74) is -1.28. The van der Waals surface area contributed by atoms with Crippen LogP contribution in [0.15, 0.2) is 21.3 Å². The summed E-state index contributed by atoms with van der Waals surface area (Å²) < 4.78 is 15.4. The van der Waals surface area contributed by atoms with Gasteiger partial charge in [0, 0.05) is 0 Å². The molecular formula is C14H12O8. The van der Waals surface area contributed by atoms with E-state index >= 15 is 0 Å². The Kier molecular flexibility index (Phi) is 4.02. The van der Waals surface area contributed by atoms with Crippen LogP contribution in [0.25, 0.3) is 11.0 Å². The molecule has 2 N–H and O–H groups in total. The molecule has 0 amide bonds. The molecule has 8 heteroatoms. The summed E-state index contributed by atoms with van der Waals surface area (Å²) in [4.78, 5) is 34.5. The number of hydrogen-bond donors (Lipinski definition) is 2. The number of fused-ring (bicyclic) bond motifs is 1. The van der Waals surface area contributed by atoms with Gasteiger partial charge in [0.1, 0.15) is 0 Å². The fourth-order valence-electron chi connectivity index (χ4n) is 2.09. The smallest absolute Gasteiger partial charge is 0.372 e. The summed E-state index contributed by atoms with van der Waals surface area (Å²) in [7, 11) is 2.68. The minimum atomic E-state index is -1.54. The number of carboxylic acids is 2. The average molecular weight is 308 g/mol. The third-order valence-electron chi connectivity index (χ3n) is 3.02. The van der Waals surface area contributed by atoms with Gasteiger partial charge in [0.2, 0.25) is 11.5 Å². The monoisotopic (exact) mass is 308 g/mol. The predicted molar refractivity (Wildman–Crippen MR) is 73.9 cm³/mol. The summed E-state index contributed by atoms with van der Waals surface area (Å²) >= 11 is 0. The Hall–Kier alpha value is -3.03. The van der Waals surface area contributed by atoms with Crippen molar-refractivity contribution < 1.29 is 33.7 Å². The summed E-state index contributed by atoms with van der Waals surface area (Å²) in [5, 5.41) is 18.0. The van der Waals surface area contributed by atoms with Crippen LogP contribution in [0, 0.1) is 0 Å². The maximum atomic E-state index is 12.4. The molecule has 0 fully saturated rings. The standard InChI is InChI=1S/C14H12O8/c1-20-8-4-3-6-10(17)7(5-9(15)16)12(14(18)19)22-11(6)13(8)21-2/h3-4H,5H2,1-2H3,(H,15,16)(H,18,19). The van der Waals surface area contributed by atoms with Crippen molar-refractivity contribution in [1.82, 2.24) is 0 Å². The van der Waals surface area contributed by atoms with Crippen LogP contribution in [-0.4, -0.2) is 36.4 Å². The normalized spacial score (nSPS) is 10.5. The summed E-state index contributed by atoms with van der Waals surface area (Å²) in [6, 6.07) is 2.81. The van der Waals surface area contributed by atoms with Crippen LogP contribution in [-0.2, 0) is 11.2 Å². The van der Waals surface area contributed by atoms with Crippen LogP contribution in [0.4, 0.5) is 0 Å². The molecular weight excluding hydrogens is 296 g/mol. The second-order valence-corrected chi connectivity index (χ2v) is 4.29. The van der Waals surface area contributed by atoms with Gasteiger partial charge >= 0.3 is 11.9 Å². The number of carbonyl (C=O) groups is 2.